The van der Waals surface area contributed by atoms with E-state index in [9.17, 15) is 14.7 Å². The number of likely N-dealkylation sites (tertiary alicyclic amines) is 1. The molecule has 1 aliphatic carbocycles. The Hall–Kier alpha value is -2.35. The normalized spacial score (nSPS) is 21.3. The van der Waals surface area contributed by atoms with E-state index in [-0.39, 0.29) is 5.91 Å². The number of amides is 1. The maximum Gasteiger partial charge on any atom is 0.310 e. The summed E-state index contributed by atoms with van der Waals surface area (Å²) in [6, 6.07) is 11.7. The molecule has 2 aliphatic rings. The number of nitrogens with zero attached hydrogens (tertiary/aromatic N) is 2. The topological polar surface area (TPSA) is 81.4 Å². The minimum atomic E-state index is -0.818. The first-order valence-corrected chi connectivity index (χ1v) is 7.99. The molecule has 0 aromatic heterocycles. The van der Waals surface area contributed by atoms with Crippen LogP contribution in [0.3, 0.4) is 0 Å². The van der Waals surface area contributed by atoms with Crippen molar-refractivity contribution in [3.8, 4) is 6.07 Å². The summed E-state index contributed by atoms with van der Waals surface area (Å²) < 4.78 is 0. The first kappa shape index (κ1) is 15.5. The Morgan fingerprint density at radius 3 is 2.22 bits per heavy atom. The zero-order chi connectivity index (χ0) is 16.5. The van der Waals surface area contributed by atoms with Crippen molar-refractivity contribution in [2.75, 3.05) is 13.1 Å². The average Bonchev–Trinajstić information content (AvgIpc) is 3.37. The van der Waals surface area contributed by atoms with Gasteiger partial charge in [-0.1, -0.05) is 30.3 Å². The van der Waals surface area contributed by atoms with E-state index in [1.54, 1.807) is 4.90 Å². The Kier molecular flexibility index (Phi) is 3.85. The van der Waals surface area contributed by atoms with E-state index < -0.39 is 16.8 Å². The number of benzene rings is 1. The lowest BCUT2D eigenvalue weighted by atomic mass is 9.73. The second-order valence-corrected chi connectivity index (χ2v) is 6.73. The highest BCUT2D eigenvalue weighted by Crippen LogP contribution is 2.47. The van der Waals surface area contributed by atoms with Crippen molar-refractivity contribution in [1.82, 2.24) is 4.90 Å². The lowest BCUT2D eigenvalue weighted by molar-refractivity contribution is -0.155. The number of aliphatic carboxylic acids is 1. The maximum absolute atomic E-state index is 12.4. The molecule has 1 aromatic rings. The molecule has 0 unspecified atom stereocenters. The van der Waals surface area contributed by atoms with E-state index >= 15 is 0 Å². The molecule has 0 atom stereocenters. The van der Waals surface area contributed by atoms with E-state index in [4.69, 9.17) is 5.26 Å². The number of carbonyl (C=O) groups is 2. The van der Waals surface area contributed by atoms with Gasteiger partial charge in [-0.2, -0.15) is 5.26 Å². The molecule has 0 bridgehead atoms. The number of rotatable bonds is 4. The van der Waals surface area contributed by atoms with Crippen molar-refractivity contribution >= 4 is 11.9 Å². The van der Waals surface area contributed by atoms with Gasteiger partial charge in [0.1, 0.15) is 5.41 Å². The minimum Gasteiger partial charge on any atom is -0.481 e. The zero-order valence-electron chi connectivity index (χ0n) is 13.0. The van der Waals surface area contributed by atoms with E-state index in [0.29, 0.717) is 45.2 Å². The van der Waals surface area contributed by atoms with Crippen LogP contribution in [0.2, 0.25) is 0 Å². The average molecular weight is 312 g/mol. The van der Waals surface area contributed by atoms with E-state index in [1.807, 2.05) is 30.3 Å². The third kappa shape index (κ3) is 2.81. The fourth-order valence-electron chi connectivity index (χ4n) is 3.39. The van der Waals surface area contributed by atoms with Crippen LogP contribution in [0.4, 0.5) is 0 Å². The van der Waals surface area contributed by atoms with Crippen molar-refractivity contribution in [3.63, 3.8) is 0 Å². The van der Waals surface area contributed by atoms with Gasteiger partial charge in [-0.3, -0.25) is 9.59 Å². The predicted molar refractivity (Wildman–Crippen MR) is 83.3 cm³/mol. The molecule has 3 rings (SSSR count). The van der Waals surface area contributed by atoms with Crippen LogP contribution in [0.1, 0.15) is 31.2 Å². The summed E-state index contributed by atoms with van der Waals surface area (Å²) in [4.78, 5) is 26.0. The number of hydrogen-bond donors (Lipinski definition) is 1. The van der Waals surface area contributed by atoms with Gasteiger partial charge in [-0.25, -0.2) is 0 Å². The molecule has 2 fully saturated rings. The van der Waals surface area contributed by atoms with E-state index in [1.165, 1.54) is 0 Å². The lowest BCUT2D eigenvalue weighted by Gasteiger charge is -2.39. The minimum absolute atomic E-state index is 0.112. The van der Waals surface area contributed by atoms with Gasteiger partial charge < -0.3 is 10.0 Å². The fourth-order valence-corrected chi connectivity index (χ4v) is 3.39. The molecule has 1 saturated heterocycles. The Bertz CT molecular complexity index is 651. The quantitative estimate of drug-likeness (QED) is 0.924. The van der Waals surface area contributed by atoms with Gasteiger partial charge in [-0.05, 0) is 37.7 Å². The summed E-state index contributed by atoms with van der Waals surface area (Å²) >= 11 is 0. The number of carboxylic acid groups (broad SMARTS) is 1. The molecule has 5 heteroatoms. The largest absolute Gasteiger partial charge is 0.481 e. The highest BCUT2D eigenvalue weighted by Gasteiger charge is 2.54. The third-order valence-corrected chi connectivity index (χ3v) is 5.22. The first-order chi connectivity index (χ1) is 11.0. The predicted octanol–water partition coefficient (Wildman–Crippen LogP) is 2.23. The summed E-state index contributed by atoms with van der Waals surface area (Å²) in [6.45, 7) is 0.836. The molecule has 1 amide bonds. The summed E-state index contributed by atoms with van der Waals surface area (Å²) in [5.74, 6) is -0.909. The molecular weight excluding hydrogens is 292 g/mol. The lowest BCUT2D eigenvalue weighted by Crippen LogP contribution is -2.49. The van der Waals surface area contributed by atoms with Gasteiger partial charge in [0.15, 0.2) is 0 Å². The monoisotopic (exact) mass is 312 g/mol. The Morgan fingerprint density at radius 2 is 1.74 bits per heavy atom. The number of hydrogen-bond acceptors (Lipinski definition) is 3. The molecule has 0 spiro atoms. The Morgan fingerprint density at radius 1 is 1.13 bits per heavy atom. The van der Waals surface area contributed by atoms with Crippen LogP contribution in [0.15, 0.2) is 30.3 Å². The summed E-state index contributed by atoms with van der Waals surface area (Å²) in [5.41, 5.74) is -0.630. The van der Waals surface area contributed by atoms with Gasteiger partial charge in [0.25, 0.3) is 0 Å². The summed E-state index contributed by atoms with van der Waals surface area (Å²) in [6.07, 6.45) is 2.61. The van der Waals surface area contributed by atoms with Crippen LogP contribution < -0.4 is 0 Å². The molecular formula is C18H20N2O3. The number of carbonyl (C=O) groups excluding carboxylic acids is 1. The molecule has 1 aliphatic heterocycles. The van der Waals surface area contributed by atoms with Crippen LogP contribution in [0, 0.1) is 22.2 Å². The summed E-state index contributed by atoms with van der Waals surface area (Å²) in [7, 11) is 0. The van der Waals surface area contributed by atoms with Crippen LogP contribution in [0.25, 0.3) is 0 Å². The SMILES string of the molecule is N#CC1(C(=O)N2CCC(Cc3ccccc3)(C(=O)O)CC2)CC1. The van der Waals surface area contributed by atoms with Crippen molar-refractivity contribution in [1.29, 1.82) is 5.26 Å². The van der Waals surface area contributed by atoms with Crippen LogP contribution in [-0.4, -0.2) is 35.0 Å². The zero-order valence-corrected chi connectivity index (χ0v) is 13.0. The molecule has 5 nitrogen and oxygen atoms in total. The van der Waals surface area contributed by atoms with Gasteiger partial charge in [0.2, 0.25) is 5.91 Å². The second kappa shape index (κ2) is 5.69. The van der Waals surface area contributed by atoms with Crippen molar-refractivity contribution in [3.05, 3.63) is 35.9 Å². The molecule has 0 radical (unpaired) electrons. The number of carboxylic acids is 1. The molecule has 1 heterocycles. The van der Waals surface area contributed by atoms with Crippen LogP contribution >= 0.6 is 0 Å². The molecule has 1 N–H and O–H groups in total. The van der Waals surface area contributed by atoms with Gasteiger partial charge >= 0.3 is 5.97 Å². The van der Waals surface area contributed by atoms with E-state index in [0.717, 1.165) is 5.56 Å². The Balaban J connectivity index is 1.70. The third-order valence-electron chi connectivity index (χ3n) is 5.22. The molecule has 120 valence electrons. The van der Waals surface area contributed by atoms with Crippen molar-refractivity contribution < 1.29 is 14.7 Å². The van der Waals surface area contributed by atoms with Crippen LogP contribution in [-0.2, 0) is 16.0 Å². The standard InChI is InChI=1S/C18H20N2O3/c19-13-18(6-7-18)15(21)20-10-8-17(9-11-20,16(22)23)12-14-4-2-1-3-5-14/h1-5H,6-12H2,(H,22,23). The van der Waals surface area contributed by atoms with Gasteiger partial charge in [0, 0.05) is 13.1 Å². The Labute approximate surface area is 135 Å². The molecule has 1 aromatic carbocycles. The smallest absolute Gasteiger partial charge is 0.310 e. The van der Waals surface area contributed by atoms with E-state index in [2.05, 4.69) is 6.07 Å². The highest BCUT2D eigenvalue weighted by molar-refractivity contribution is 5.88. The number of piperidine rings is 1. The van der Waals surface area contributed by atoms with Crippen molar-refractivity contribution in [2.24, 2.45) is 10.8 Å². The van der Waals surface area contributed by atoms with Gasteiger partial charge in [0.05, 0.1) is 11.5 Å². The molecule has 23 heavy (non-hydrogen) atoms. The maximum atomic E-state index is 12.4. The number of nitriles is 1. The van der Waals surface area contributed by atoms with Crippen molar-refractivity contribution in [2.45, 2.75) is 32.1 Å². The second-order valence-electron chi connectivity index (χ2n) is 6.73. The molecule has 1 saturated carbocycles. The van der Waals surface area contributed by atoms with Gasteiger partial charge in [-0.15, -0.1) is 0 Å². The first-order valence-electron chi connectivity index (χ1n) is 7.99. The highest BCUT2D eigenvalue weighted by atomic mass is 16.4. The fraction of sp³-hybridized carbons (Fsp3) is 0.500. The summed E-state index contributed by atoms with van der Waals surface area (Å²) in [5, 5.41) is 18.9. The van der Waals surface area contributed by atoms with Crippen LogP contribution in [0.5, 0.6) is 0 Å².